The zero-order valence-electron chi connectivity index (χ0n) is 25.6. The summed E-state index contributed by atoms with van der Waals surface area (Å²) in [6.07, 6.45) is 0. The number of hydrogen-bond acceptors (Lipinski definition) is 2. The Morgan fingerprint density at radius 3 is 1.68 bits per heavy atom. The molecule has 0 bridgehead atoms. The molecule has 3 heterocycles. The van der Waals surface area contributed by atoms with E-state index in [0.29, 0.717) is 28.7 Å². The van der Waals surface area contributed by atoms with E-state index in [4.69, 9.17) is 20.4 Å². The number of para-hydroxylation sites is 4. The standard InChI is InChI=1S/C30H18BNO2/c1-5-13-24-20(9-1)21-10-2-6-14-25(21)32(24)19-17-28-30-29(18-19)34-27-16-8-4-12-23(27)31(30)22-11-3-7-15-26(22)33-28/h1-18H/i1D,2D,5D,6D,9D,10D,13D,14D. The molecule has 2 aliphatic heterocycles. The van der Waals surface area contributed by atoms with Gasteiger partial charge in [-0.15, -0.1) is 0 Å². The molecule has 5 aromatic carbocycles. The first kappa shape index (κ1) is 12.1. The molecule has 1 aromatic heterocycles. The third-order valence-electron chi connectivity index (χ3n) is 6.57. The first-order valence-electron chi connectivity index (χ1n) is 14.9. The van der Waals surface area contributed by atoms with Crippen LogP contribution in [0.3, 0.4) is 0 Å². The lowest BCUT2D eigenvalue weighted by molar-refractivity contribution is 0.464. The van der Waals surface area contributed by atoms with Gasteiger partial charge in [0.2, 0.25) is 0 Å². The van der Waals surface area contributed by atoms with Crippen LogP contribution in [0.25, 0.3) is 27.5 Å². The maximum Gasteiger partial charge on any atom is 0.260 e. The van der Waals surface area contributed by atoms with Gasteiger partial charge >= 0.3 is 0 Å². The van der Waals surface area contributed by atoms with Crippen LogP contribution in [-0.2, 0) is 0 Å². The van der Waals surface area contributed by atoms with Gasteiger partial charge in [-0.1, -0.05) is 72.7 Å². The largest absolute Gasteiger partial charge is 0.458 e. The Kier molecular flexibility index (Phi) is 2.34. The molecule has 0 amide bonds. The van der Waals surface area contributed by atoms with E-state index in [1.165, 1.54) is 4.57 Å². The molecule has 0 atom stereocenters. The minimum Gasteiger partial charge on any atom is -0.458 e. The van der Waals surface area contributed by atoms with E-state index in [2.05, 4.69) is 0 Å². The lowest BCUT2D eigenvalue weighted by atomic mass is 9.35. The van der Waals surface area contributed by atoms with Gasteiger partial charge in [0.15, 0.2) is 0 Å². The van der Waals surface area contributed by atoms with Crippen molar-refractivity contribution in [2.75, 3.05) is 0 Å². The number of ether oxygens (including phenoxy) is 2. The van der Waals surface area contributed by atoms with E-state index in [-0.39, 0.29) is 52.7 Å². The van der Waals surface area contributed by atoms with Gasteiger partial charge in [-0.2, -0.15) is 0 Å². The van der Waals surface area contributed by atoms with Crippen molar-refractivity contribution in [1.29, 1.82) is 0 Å². The molecular weight excluding hydrogens is 417 g/mol. The second-order valence-electron chi connectivity index (χ2n) is 8.35. The van der Waals surface area contributed by atoms with Crippen LogP contribution in [0.4, 0.5) is 0 Å². The average Bonchev–Trinajstić information content (AvgIpc) is 3.37. The molecule has 8 rings (SSSR count). The van der Waals surface area contributed by atoms with E-state index in [0.717, 1.165) is 16.4 Å². The topological polar surface area (TPSA) is 23.4 Å². The highest BCUT2D eigenvalue weighted by molar-refractivity contribution is 6.98. The van der Waals surface area contributed by atoms with E-state index < -0.39 is 24.2 Å². The smallest absolute Gasteiger partial charge is 0.260 e. The number of hydrogen-bond donors (Lipinski definition) is 0. The van der Waals surface area contributed by atoms with E-state index in [1.54, 1.807) is 12.1 Å². The predicted octanol–water partition coefficient (Wildman–Crippen LogP) is 5.51. The van der Waals surface area contributed by atoms with Crippen molar-refractivity contribution in [1.82, 2.24) is 4.57 Å². The van der Waals surface area contributed by atoms with E-state index in [1.807, 2.05) is 48.5 Å². The van der Waals surface area contributed by atoms with E-state index >= 15 is 0 Å². The van der Waals surface area contributed by atoms with Crippen molar-refractivity contribution in [3.05, 3.63) is 109 Å². The third-order valence-corrected chi connectivity index (χ3v) is 6.57. The van der Waals surface area contributed by atoms with Crippen molar-refractivity contribution in [2.45, 2.75) is 0 Å². The molecule has 0 unspecified atom stereocenters. The number of nitrogens with zero attached hydrogens (tertiary/aromatic N) is 1. The third kappa shape index (κ3) is 2.32. The summed E-state index contributed by atoms with van der Waals surface area (Å²) in [6, 6.07) is 15.6. The van der Waals surface area contributed by atoms with Crippen molar-refractivity contribution in [2.24, 2.45) is 0 Å². The summed E-state index contributed by atoms with van der Waals surface area (Å²) in [4.78, 5) is 0. The van der Waals surface area contributed by atoms with Gasteiger partial charge in [0.05, 0.1) is 27.7 Å². The summed E-state index contributed by atoms with van der Waals surface area (Å²) in [5.74, 6) is 2.30. The molecule has 0 N–H and O–H groups in total. The van der Waals surface area contributed by atoms with Crippen LogP contribution in [0.15, 0.2) is 109 Å². The van der Waals surface area contributed by atoms with Gasteiger partial charge in [-0.05, 0) is 35.1 Å². The Balaban J connectivity index is 1.53. The fourth-order valence-electron chi connectivity index (χ4n) is 5.19. The fraction of sp³-hybridized carbons (Fsp3) is 0. The quantitative estimate of drug-likeness (QED) is 0.312. The van der Waals surface area contributed by atoms with Crippen LogP contribution in [0, 0.1) is 0 Å². The van der Waals surface area contributed by atoms with Crippen molar-refractivity contribution in [3.63, 3.8) is 0 Å². The Labute approximate surface area is 208 Å². The highest BCUT2D eigenvalue weighted by atomic mass is 16.5. The zero-order chi connectivity index (χ0) is 29.2. The lowest BCUT2D eigenvalue weighted by Gasteiger charge is -2.33. The van der Waals surface area contributed by atoms with Crippen LogP contribution in [0.5, 0.6) is 23.0 Å². The van der Waals surface area contributed by atoms with Gasteiger partial charge in [0, 0.05) is 28.4 Å². The van der Waals surface area contributed by atoms with Gasteiger partial charge in [0.1, 0.15) is 23.0 Å². The van der Waals surface area contributed by atoms with Crippen molar-refractivity contribution >= 4 is 44.9 Å². The molecular formula is C30H18BNO2. The van der Waals surface area contributed by atoms with Crippen molar-refractivity contribution < 1.29 is 20.4 Å². The van der Waals surface area contributed by atoms with Crippen LogP contribution < -0.4 is 25.9 Å². The number of rotatable bonds is 1. The van der Waals surface area contributed by atoms with Gasteiger partial charge < -0.3 is 14.0 Å². The summed E-state index contributed by atoms with van der Waals surface area (Å²) in [5.41, 5.74) is 3.22. The Morgan fingerprint density at radius 1 is 0.618 bits per heavy atom. The summed E-state index contributed by atoms with van der Waals surface area (Å²) >= 11 is 0. The number of aromatic nitrogens is 1. The van der Waals surface area contributed by atoms with Gasteiger partial charge in [-0.3, -0.25) is 0 Å². The molecule has 3 nitrogen and oxygen atoms in total. The monoisotopic (exact) mass is 443 g/mol. The molecule has 0 aliphatic carbocycles. The summed E-state index contributed by atoms with van der Waals surface area (Å²) in [7, 11) is 0. The Morgan fingerprint density at radius 2 is 1.12 bits per heavy atom. The minimum absolute atomic E-state index is 0.0183. The summed E-state index contributed by atoms with van der Waals surface area (Å²) < 4.78 is 82.7. The van der Waals surface area contributed by atoms with Crippen LogP contribution in [0.1, 0.15) is 11.0 Å². The number of fused-ring (bicyclic) bond motifs is 7. The molecule has 0 fully saturated rings. The first-order valence-corrected chi connectivity index (χ1v) is 10.9. The van der Waals surface area contributed by atoms with Crippen LogP contribution in [0.2, 0.25) is 0 Å². The molecule has 0 saturated heterocycles. The van der Waals surface area contributed by atoms with Crippen LogP contribution >= 0.6 is 0 Å². The zero-order valence-corrected chi connectivity index (χ0v) is 17.6. The lowest BCUT2D eigenvalue weighted by Crippen LogP contribution is -2.57. The summed E-state index contributed by atoms with van der Waals surface area (Å²) in [6.45, 7) is -0.174. The highest BCUT2D eigenvalue weighted by Gasteiger charge is 2.40. The normalized spacial score (nSPS) is 16.4. The van der Waals surface area contributed by atoms with E-state index in [9.17, 15) is 0 Å². The molecule has 2 aliphatic rings. The molecule has 0 radical (unpaired) electrons. The maximum absolute atomic E-state index is 8.83. The maximum atomic E-state index is 8.83. The van der Waals surface area contributed by atoms with Gasteiger partial charge in [-0.25, -0.2) is 0 Å². The SMILES string of the molecule is [2H]c1c([2H])c([2H])c2c(c1[2H])c1c([2H])c([2H])c([2H])c([2H])c1n2-c1cc2c3c(c1)Oc1ccccc1B3c1ccccc1O2. The second kappa shape index (κ2) is 6.55. The highest BCUT2D eigenvalue weighted by Crippen LogP contribution is 2.39. The molecule has 0 spiro atoms. The Hall–Kier alpha value is -4.44. The molecule has 4 heteroatoms. The second-order valence-corrected chi connectivity index (χ2v) is 8.35. The fourth-order valence-corrected chi connectivity index (χ4v) is 5.19. The van der Waals surface area contributed by atoms with Crippen LogP contribution in [-0.4, -0.2) is 11.3 Å². The molecule has 34 heavy (non-hydrogen) atoms. The van der Waals surface area contributed by atoms with Gasteiger partial charge in [0.25, 0.3) is 6.71 Å². The molecule has 6 aromatic rings. The molecule has 158 valence electrons. The molecule has 0 saturated carbocycles. The Bertz CT molecular complexity index is 2070. The number of benzene rings is 5. The predicted molar refractivity (Wildman–Crippen MR) is 138 cm³/mol. The first-order chi connectivity index (χ1) is 20.2. The van der Waals surface area contributed by atoms with Crippen molar-refractivity contribution in [3.8, 4) is 28.7 Å². The average molecular weight is 443 g/mol. The summed E-state index contributed by atoms with van der Waals surface area (Å²) in [5, 5.41) is 0.0366. The minimum atomic E-state index is -0.484.